The van der Waals surface area contributed by atoms with Crippen molar-refractivity contribution in [3.05, 3.63) is 0 Å². The number of hydrogen-bond donors (Lipinski definition) is 3. The normalized spacial score (nSPS) is 11.0. The molecular formula is C13H23N5O5. The lowest BCUT2D eigenvalue weighted by Crippen LogP contribution is -2.47. The van der Waals surface area contributed by atoms with Crippen LogP contribution in [0.1, 0.15) is 6.92 Å². The van der Waals surface area contributed by atoms with Crippen molar-refractivity contribution in [2.75, 3.05) is 40.8 Å². The zero-order valence-corrected chi connectivity index (χ0v) is 13.7. The van der Waals surface area contributed by atoms with Gasteiger partial charge in [0.15, 0.2) is 0 Å². The molecule has 0 saturated heterocycles. The molecule has 0 spiro atoms. The van der Waals surface area contributed by atoms with Gasteiger partial charge in [0.2, 0.25) is 30.0 Å². The van der Waals surface area contributed by atoms with Gasteiger partial charge in [-0.3, -0.25) is 24.0 Å². The highest BCUT2D eigenvalue weighted by Gasteiger charge is 2.17. The van der Waals surface area contributed by atoms with Gasteiger partial charge in [-0.1, -0.05) is 0 Å². The van der Waals surface area contributed by atoms with Crippen LogP contribution in [0.15, 0.2) is 0 Å². The van der Waals surface area contributed by atoms with E-state index in [1.165, 1.54) is 18.9 Å². The molecule has 23 heavy (non-hydrogen) atoms. The lowest BCUT2D eigenvalue weighted by molar-refractivity contribution is -0.136. The highest BCUT2D eigenvalue weighted by atomic mass is 16.2. The van der Waals surface area contributed by atoms with Gasteiger partial charge in [0.25, 0.3) is 0 Å². The molecule has 0 unspecified atom stereocenters. The van der Waals surface area contributed by atoms with E-state index in [-0.39, 0.29) is 25.5 Å². The largest absolute Gasteiger partial charge is 0.347 e. The summed E-state index contributed by atoms with van der Waals surface area (Å²) in [6.45, 7) is 0.772. The quantitative estimate of drug-likeness (QED) is 0.386. The van der Waals surface area contributed by atoms with Crippen LogP contribution in [0.25, 0.3) is 0 Å². The van der Waals surface area contributed by atoms with Crippen molar-refractivity contribution >= 4 is 30.0 Å². The summed E-state index contributed by atoms with van der Waals surface area (Å²) in [5.74, 6) is -1.75. The Kier molecular flexibility index (Phi) is 8.97. The van der Waals surface area contributed by atoms with Gasteiger partial charge in [-0.2, -0.15) is 0 Å². The fourth-order valence-electron chi connectivity index (χ4n) is 1.32. The summed E-state index contributed by atoms with van der Waals surface area (Å²) in [5.41, 5.74) is 0. The van der Waals surface area contributed by atoms with E-state index in [0.717, 1.165) is 4.90 Å². The van der Waals surface area contributed by atoms with E-state index in [9.17, 15) is 24.0 Å². The van der Waals surface area contributed by atoms with Crippen LogP contribution >= 0.6 is 0 Å². The smallest absolute Gasteiger partial charge is 0.242 e. The van der Waals surface area contributed by atoms with E-state index in [0.29, 0.717) is 6.41 Å². The van der Waals surface area contributed by atoms with E-state index < -0.39 is 23.8 Å². The van der Waals surface area contributed by atoms with E-state index in [4.69, 9.17) is 0 Å². The Morgan fingerprint density at radius 2 is 1.57 bits per heavy atom. The number of carbonyl (C=O) groups excluding carboxylic acids is 5. The van der Waals surface area contributed by atoms with Crippen molar-refractivity contribution in [1.29, 1.82) is 0 Å². The fraction of sp³-hybridized carbons (Fsp3) is 0.615. The Morgan fingerprint density at radius 1 is 1.00 bits per heavy atom. The van der Waals surface area contributed by atoms with Crippen molar-refractivity contribution < 1.29 is 24.0 Å². The maximum absolute atomic E-state index is 11.8. The molecule has 1 atom stereocenters. The van der Waals surface area contributed by atoms with Gasteiger partial charge < -0.3 is 25.8 Å². The van der Waals surface area contributed by atoms with Crippen LogP contribution < -0.4 is 16.0 Å². The summed E-state index contributed by atoms with van der Waals surface area (Å²) in [5, 5.41) is 6.98. The Hall–Kier alpha value is -2.65. The predicted molar refractivity (Wildman–Crippen MR) is 81.0 cm³/mol. The summed E-state index contributed by atoms with van der Waals surface area (Å²) in [4.78, 5) is 58.8. The van der Waals surface area contributed by atoms with Gasteiger partial charge in [0, 0.05) is 21.1 Å². The molecule has 0 heterocycles. The first-order valence-electron chi connectivity index (χ1n) is 6.87. The summed E-state index contributed by atoms with van der Waals surface area (Å²) in [6, 6.07) is -0.758. The second kappa shape index (κ2) is 10.1. The van der Waals surface area contributed by atoms with Gasteiger partial charge in [-0.05, 0) is 6.92 Å². The van der Waals surface area contributed by atoms with Crippen molar-refractivity contribution in [2.24, 2.45) is 0 Å². The first-order chi connectivity index (χ1) is 10.7. The van der Waals surface area contributed by atoms with Crippen molar-refractivity contribution in [3.8, 4) is 0 Å². The lowest BCUT2D eigenvalue weighted by atomic mass is 10.3. The molecule has 0 aromatic rings. The Labute approximate surface area is 134 Å². The summed E-state index contributed by atoms with van der Waals surface area (Å²) >= 11 is 0. The molecule has 0 fully saturated rings. The Morgan fingerprint density at radius 3 is 2.09 bits per heavy atom. The van der Waals surface area contributed by atoms with Gasteiger partial charge >= 0.3 is 0 Å². The van der Waals surface area contributed by atoms with E-state index in [1.807, 2.05) is 0 Å². The third-order valence-corrected chi connectivity index (χ3v) is 2.87. The molecular weight excluding hydrogens is 306 g/mol. The van der Waals surface area contributed by atoms with Crippen LogP contribution in [-0.2, 0) is 24.0 Å². The van der Waals surface area contributed by atoms with Crippen LogP contribution in [0.4, 0.5) is 0 Å². The standard InChI is InChI=1S/C13H23N5O5/c1-9(16-8-19)13(23)15-6-12(22)18(4)7-10(20)14-5-11(21)17(2)3/h8-9H,5-7H2,1-4H3,(H,14,20)(H,15,23)(H,16,19)/t9-/m1/s1. The van der Waals surface area contributed by atoms with Crippen molar-refractivity contribution in [1.82, 2.24) is 25.8 Å². The van der Waals surface area contributed by atoms with Crippen LogP contribution in [0.3, 0.4) is 0 Å². The highest BCUT2D eigenvalue weighted by molar-refractivity contribution is 5.91. The molecule has 0 rings (SSSR count). The minimum absolute atomic E-state index is 0.153. The third-order valence-electron chi connectivity index (χ3n) is 2.87. The zero-order valence-electron chi connectivity index (χ0n) is 13.7. The highest BCUT2D eigenvalue weighted by Crippen LogP contribution is 1.86. The first-order valence-corrected chi connectivity index (χ1v) is 6.87. The average molecular weight is 329 g/mol. The molecule has 0 aromatic carbocycles. The molecule has 10 nitrogen and oxygen atoms in total. The van der Waals surface area contributed by atoms with Gasteiger partial charge in [-0.25, -0.2) is 0 Å². The molecule has 0 aromatic heterocycles. The number of hydrogen-bond acceptors (Lipinski definition) is 5. The molecule has 5 amide bonds. The first kappa shape index (κ1) is 20.3. The number of nitrogens with one attached hydrogen (secondary N) is 3. The van der Waals surface area contributed by atoms with E-state index in [2.05, 4.69) is 16.0 Å². The topological polar surface area (TPSA) is 128 Å². The SMILES string of the molecule is C[C@@H](NC=O)C(=O)NCC(=O)N(C)CC(=O)NCC(=O)N(C)C. The number of amides is 5. The third kappa shape index (κ3) is 8.39. The molecule has 3 N–H and O–H groups in total. The fourth-order valence-corrected chi connectivity index (χ4v) is 1.32. The summed E-state index contributed by atoms with van der Waals surface area (Å²) < 4.78 is 0. The van der Waals surface area contributed by atoms with Crippen molar-refractivity contribution in [2.45, 2.75) is 13.0 Å². The number of nitrogens with zero attached hydrogens (tertiary/aromatic N) is 2. The van der Waals surface area contributed by atoms with Crippen LogP contribution in [-0.4, -0.2) is 86.7 Å². The second-order valence-electron chi connectivity index (χ2n) is 5.04. The number of rotatable bonds is 9. The molecule has 130 valence electrons. The van der Waals surface area contributed by atoms with Crippen LogP contribution in [0.2, 0.25) is 0 Å². The monoisotopic (exact) mass is 329 g/mol. The Balaban J connectivity index is 4.15. The van der Waals surface area contributed by atoms with Crippen molar-refractivity contribution in [3.63, 3.8) is 0 Å². The minimum Gasteiger partial charge on any atom is -0.347 e. The molecule has 0 aliphatic carbocycles. The number of carbonyl (C=O) groups is 5. The zero-order chi connectivity index (χ0) is 18.0. The minimum atomic E-state index is -0.758. The van der Waals surface area contributed by atoms with Crippen LogP contribution in [0, 0.1) is 0 Å². The molecule has 10 heteroatoms. The molecule has 0 radical (unpaired) electrons. The lowest BCUT2D eigenvalue weighted by Gasteiger charge is -2.18. The maximum Gasteiger partial charge on any atom is 0.242 e. The van der Waals surface area contributed by atoms with E-state index in [1.54, 1.807) is 14.1 Å². The molecule has 0 bridgehead atoms. The van der Waals surface area contributed by atoms with Gasteiger partial charge in [-0.15, -0.1) is 0 Å². The van der Waals surface area contributed by atoms with Gasteiger partial charge in [0.1, 0.15) is 6.04 Å². The number of likely N-dealkylation sites (N-methyl/N-ethyl adjacent to an activating group) is 2. The maximum atomic E-state index is 11.8. The Bertz CT molecular complexity index is 466. The molecule has 0 aliphatic rings. The second-order valence-corrected chi connectivity index (χ2v) is 5.04. The predicted octanol–water partition coefficient (Wildman–Crippen LogP) is -3.10. The molecule has 0 saturated carbocycles. The molecule has 0 aliphatic heterocycles. The van der Waals surface area contributed by atoms with Crippen LogP contribution in [0.5, 0.6) is 0 Å². The van der Waals surface area contributed by atoms with Gasteiger partial charge in [0.05, 0.1) is 19.6 Å². The van der Waals surface area contributed by atoms with E-state index >= 15 is 0 Å². The summed E-state index contributed by atoms with van der Waals surface area (Å²) in [6.07, 6.45) is 0.386. The summed E-state index contributed by atoms with van der Waals surface area (Å²) in [7, 11) is 4.52. The average Bonchev–Trinajstić information content (AvgIpc) is 2.49.